The number of carbonyl (C=O) groups excluding carboxylic acids is 2. The van der Waals surface area contributed by atoms with Crippen molar-refractivity contribution in [2.75, 3.05) is 5.75 Å². The molecule has 0 bridgehead atoms. The fourth-order valence-corrected chi connectivity index (χ4v) is 3.68. The fourth-order valence-electron chi connectivity index (χ4n) is 2.78. The molecule has 2 atom stereocenters. The van der Waals surface area contributed by atoms with Gasteiger partial charge in [0.15, 0.2) is 0 Å². The molecular weight excluding hydrogens is 406 g/mol. The lowest BCUT2D eigenvalue weighted by atomic mass is 10.1. The molecule has 0 saturated carbocycles. The van der Waals surface area contributed by atoms with Crippen molar-refractivity contribution in [2.24, 2.45) is 0 Å². The van der Waals surface area contributed by atoms with Crippen molar-refractivity contribution in [1.82, 2.24) is 10.2 Å². The van der Waals surface area contributed by atoms with Crippen molar-refractivity contribution < 1.29 is 18.4 Å². The second kappa shape index (κ2) is 11.7. The van der Waals surface area contributed by atoms with Crippen molar-refractivity contribution in [3.63, 3.8) is 0 Å². The van der Waals surface area contributed by atoms with E-state index in [4.69, 9.17) is 0 Å². The SMILES string of the molecule is CC[C@H](C)NC(=O)[C@H](C)N(Cc1ccc(F)cc1)C(=O)CSCc1ccccc1F. The first kappa shape index (κ1) is 23.9. The molecular formula is C23H28F2N2O2S. The number of hydrogen-bond acceptors (Lipinski definition) is 3. The van der Waals surface area contributed by atoms with Gasteiger partial charge in [-0.25, -0.2) is 8.78 Å². The van der Waals surface area contributed by atoms with E-state index in [1.54, 1.807) is 37.3 Å². The summed E-state index contributed by atoms with van der Waals surface area (Å²) < 4.78 is 27.0. The predicted molar refractivity (Wildman–Crippen MR) is 117 cm³/mol. The fraction of sp³-hybridized carbons (Fsp3) is 0.391. The lowest BCUT2D eigenvalue weighted by Crippen LogP contribution is -2.50. The van der Waals surface area contributed by atoms with Crippen LogP contribution in [0.15, 0.2) is 48.5 Å². The Hall–Kier alpha value is -2.41. The Balaban J connectivity index is 2.08. The molecule has 1 N–H and O–H groups in total. The van der Waals surface area contributed by atoms with Crippen LogP contribution in [-0.4, -0.2) is 34.6 Å². The summed E-state index contributed by atoms with van der Waals surface area (Å²) in [5, 5.41) is 2.90. The molecule has 0 heterocycles. The second-order valence-electron chi connectivity index (χ2n) is 7.23. The minimum Gasteiger partial charge on any atom is -0.352 e. The summed E-state index contributed by atoms with van der Waals surface area (Å²) in [6.07, 6.45) is 0.781. The zero-order valence-electron chi connectivity index (χ0n) is 17.5. The maximum absolute atomic E-state index is 13.8. The third-order valence-electron chi connectivity index (χ3n) is 4.88. The lowest BCUT2D eigenvalue weighted by molar-refractivity contribution is -0.138. The molecule has 0 fully saturated rings. The largest absolute Gasteiger partial charge is 0.352 e. The van der Waals surface area contributed by atoms with E-state index in [0.29, 0.717) is 11.3 Å². The summed E-state index contributed by atoms with van der Waals surface area (Å²) in [5.41, 5.74) is 1.26. The molecule has 0 spiro atoms. The molecule has 7 heteroatoms. The first-order valence-electron chi connectivity index (χ1n) is 9.97. The maximum atomic E-state index is 13.8. The summed E-state index contributed by atoms with van der Waals surface area (Å²) in [7, 11) is 0. The number of nitrogens with zero attached hydrogens (tertiary/aromatic N) is 1. The Morgan fingerprint density at radius 3 is 2.37 bits per heavy atom. The van der Waals surface area contributed by atoms with E-state index in [1.165, 1.54) is 34.9 Å². The first-order valence-corrected chi connectivity index (χ1v) is 11.1. The van der Waals surface area contributed by atoms with Crippen molar-refractivity contribution in [3.05, 3.63) is 71.3 Å². The van der Waals surface area contributed by atoms with Gasteiger partial charge in [0.2, 0.25) is 11.8 Å². The topological polar surface area (TPSA) is 49.4 Å². The number of halogens is 2. The van der Waals surface area contributed by atoms with Crippen LogP contribution in [0, 0.1) is 11.6 Å². The Kier molecular flexibility index (Phi) is 9.30. The van der Waals surface area contributed by atoms with Crippen molar-refractivity contribution in [1.29, 1.82) is 0 Å². The van der Waals surface area contributed by atoms with E-state index in [-0.39, 0.29) is 41.8 Å². The number of thioether (sulfide) groups is 1. The lowest BCUT2D eigenvalue weighted by Gasteiger charge is -2.29. The molecule has 0 unspecified atom stereocenters. The average Bonchev–Trinajstić information content (AvgIpc) is 2.73. The Morgan fingerprint density at radius 1 is 1.07 bits per heavy atom. The number of nitrogens with one attached hydrogen (secondary N) is 1. The van der Waals surface area contributed by atoms with Gasteiger partial charge in [-0.2, -0.15) is 0 Å². The third kappa shape index (κ3) is 7.13. The van der Waals surface area contributed by atoms with Crippen molar-refractivity contribution in [3.8, 4) is 0 Å². The molecule has 2 rings (SSSR count). The molecule has 0 aliphatic heterocycles. The number of amides is 2. The van der Waals surface area contributed by atoms with Crippen LogP contribution in [0.3, 0.4) is 0 Å². The average molecular weight is 435 g/mol. The molecule has 2 aromatic rings. The second-order valence-corrected chi connectivity index (χ2v) is 8.21. The van der Waals surface area contributed by atoms with E-state index in [2.05, 4.69) is 5.32 Å². The Bertz CT molecular complexity index is 845. The van der Waals surface area contributed by atoms with Crippen LogP contribution < -0.4 is 5.32 Å². The first-order chi connectivity index (χ1) is 14.3. The Labute approximate surface area is 181 Å². The van der Waals surface area contributed by atoms with Crippen LogP contribution in [0.2, 0.25) is 0 Å². The maximum Gasteiger partial charge on any atom is 0.242 e. The van der Waals surface area contributed by atoms with Gasteiger partial charge in [-0.1, -0.05) is 37.3 Å². The van der Waals surface area contributed by atoms with Gasteiger partial charge in [0.25, 0.3) is 0 Å². The van der Waals surface area contributed by atoms with Gasteiger partial charge in [0.1, 0.15) is 17.7 Å². The third-order valence-corrected chi connectivity index (χ3v) is 5.84. The molecule has 2 aromatic carbocycles. The molecule has 0 saturated heterocycles. The van der Waals surface area contributed by atoms with Crippen molar-refractivity contribution >= 4 is 23.6 Å². The van der Waals surface area contributed by atoms with Crippen LogP contribution in [-0.2, 0) is 21.9 Å². The highest BCUT2D eigenvalue weighted by Crippen LogP contribution is 2.18. The van der Waals surface area contributed by atoms with Gasteiger partial charge in [-0.05, 0) is 49.6 Å². The highest BCUT2D eigenvalue weighted by Gasteiger charge is 2.26. The molecule has 2 amide bonds. The van der Waals surface area contributed by atoms with E-state index in [9.17, 15) is 18.4 Å². The van der Waals surface area contributed by atoms with Gasteiger partial charge in [-0.15, -0.1) is 11.8 Å². The summed E-state index contributed by atoms with van der Waals surface area (Å²) in [6.45, 7) is 5.74. The van der Waals surface area contributed by atoms with Crippen LogP contribution >= 0.6 is 11.8 Å². The highest BCUT2D eigenvalue weighted by atomic mass is 32.2. The van der Waals surface area contributed by atoms with Gasteiger partial charge in [0, 0.05) is 18.3 Å². The Morgan fingerprint density at radius 2 is 1.73 bits per heavy atom. The monoisotopic (exact) mass is 434 g/mol. The van der Waals surface area contributed by atoms with Crippen LogP contribution in [0.25, 0.3) is 0 Å². The smallest absolute Gasteiger partial charge is 0.242 e. The van der Waals surface area contributed by atoms with Crippen molar-refractivity contribution in [2.45, 2.75) is 51.6 Å². The molecule has 30 heavy (non-hydrogen) atoms. The van der Waals surface area contributed by atoms with Crippen LogP contribution in [0.5, 0.6) is 0 Å². The van der Waals surface area contributed by atoms with Crippen LogP contribution in [0.1, 0.15) is 38.3 Å². The zero-order valence-corrected chi connectivity index (χ0v) is 18.3. The van der Waals surface area contributed by atoms with E-state index in [1.807, 2.05) is 13.8 Å². The zero-order chi connectivity index (χ0) is 22.1. The molecule has 0 aliphatic rings. The summed E-state index contributed by atoms with van der Waals surface area (Å²) in [4.78, 5) is 27.1. The summed E-state index contributed by atoms with van der Waals surface area (Å²) in [6, 6.07) is 11.6. The minimum absolute atomic E-state index is 0.00171. The van der Waals surface area contributed by atoms with Crippen LogP contribution in [0.4, 0.5) is 8.78 Å². The number of carbonyl (C=O) groups is 2. The standard InChI is InChI=1S/C23H28F2N2O2S/c1-4-16(2)26-23(29)17(3)27(13-18-9-11-20(24)12-10-18)22(28)15-30-14-19-7-5-6-8-21(19)25/h5-12,16-17H,4,13-15H2,1-3H3,(H,26,29)/t16-,17-/m0/s1. The molecule has 4 nitrogen and oxygen atoms in total. The quantitative estimate of drug-likeness (QED) is 0.598. The molecule has 0 radical (unpaired) electrons. The molecule has 0 aliphatic carbocycles. The van der Waals surface area contributed by atoms with Gasteiger partial charge in [-0.3, -0.25) is 9.59 Å². The van der Waals surface area contributed by atoms with E-state index in [0.717, 1.165) is 12.0 Å². The molecule has 0 aromatic heterocycles. The summed E-state index contributed by atoms with van der Waals surface area (Å²) in [5.74, 6) is -0.667. The molecule has 162 valence electrons. The number of hydrogen-bond donors (Lipinski definition) is 1. The normalized spacial score (nSPS) is 12.8. The number of rotatable bonds is 10. The predicted octanol–water partition coefficient (Wildman–Crippen LogP) is 4.53. The van der Waals surface area contributed by atoms with Gasteiger partial charge >= 0.3 is 0 Å². The minimum atomic E-state index is -0.689. The number of benzene rings is 2. The van der Waals surface area contributed by atoms with E-state index < -0.39 is 6.04 Å². The van der Waals surface area contributed by atoms with E-state index >= 15 is 0 Å². The summed E-state index contributed by atoms with van der Waals surface area (Å²) >= 11 is 1.29. The van der Waals surface area contributed by atoms with Gasteiger partial charge in [0.05, 0.1) is 5.75 Å². The van der Waals surface area contributed by atoms with Gasteiger partial charge < -0.3 is 10.2 Å². The highest BCUT2D eigenvalue weighted by molar-refractivity contribution is 7.99.